The number of carbonyl (C=O) groups excluding carboxylic acids is 1. The van der Waals surface area contributed by atoms with Gasteiger partial charge in [-0.05, 0) is 12.0 Å². The molecule has 5 heteroatoms. The van der Waals surface area contributed by atoms with Crippen molar-refractivity contribution in [2.75, 3.05) is 32.1 Å². The molecular formula is C13H21N3O2. The number of carbonyl (C=O) groups is 1. The van der Waals surface area contributed by atoms with E-state index in [-0.39, 0.29) is 5.91 Å². The maximum atomic E-state index is 11.9. The number of nitrogens with zero attached hydrogens (tertiary/aromatic N) is 1. The molecular weight excluding hydrogens is 230 g/mol. The number of hydrogen-bond donors (Lipinski definition) is 2. The zero-order valence-electron chi connectivity index (χ0n) is 11.2. The fourth-order valence-corrected chi connectivity index (χ4v) is 1.44. The molecule has 1 aromatic rings. The maximum absolute atomic E-state index is 11.9. The van der Waals surface area contributed by atoms with E-state index >= 15 is 0 Å². The highest BCUT2D eigenvalue weighted by Crippen LogP contribution is 2.11. The monoisotopic (exact) mass is 251 g/mol. The van der Waals surface area contributed by atoms with Crippen LogP contribution in [0.25, 0.3) is 0 Å². The smallest absolute Gasteiger partial charge is 0.253 e. The van der Waals surface area contributed by atoms with Crippen molar-refractivity contribution in [2.45, 2.75) is 13.8 Å². The molecule has 0 bridgehead atoms. The van der Waals surface area contributed by atoms with Crippen molar-refractivity contribution in [3.05, 3.63) is 24.0 Å². The van der Waals surface area contributed by atoms with E-state index in [0.29, 0.717) is 31.2 Å². The molecule has 0 aliphatic carbocycles. The average Bonchev–Trinajstić information content (AvgIpc) is 2.37. The molecule has 0 aliphatic heterocycles. The lowest BCUT2D eigenvalue weighted by Crippen LogP contribution is -2.28. The highest BCUT2D eigenvalue weighted by molar-refractivity contribution is 5.99. The van der Waals surface area contributed by atoms with Crippen molar-refractivity contribution >= 4 is 11.6 Å². The van der Waals surface area contributed by atoms with Crippen LogP contribution in [0.2, 0.25) is 0 Å². The number of anilines is 1. The van der Waals surface area contributed by atoms with Gasteiger partial charge in [0, 0.05) is 26.4 Å². The van der Waals surface area contributed by atoms with E-state index in [1.165, 1.54) is 0 Å². The van der Waals surface area contributed by atoms with E-state index in [0.717, 1.165) is 5.69 Å². The van der Waals surface area contributed by atoms with Gasteiger partial charge in [0.05, 0.1) is 24.1 Å². The molecule has 2 N–H and O–H groups in total. The third-order valence-electron chi connectivity index (χ3n) is 2.32. The van der Waals surface area contributed by atoms with E-state index < -0.39 is 0 Å². The van der Waals surface area contributed by atoms with Crippen molar-refractivity contribution < 1.29 is 9.53 Å². The molecule has 18 heavy (non-hydrogen) atoms. The third-order valence-corrected chi connectivity index (χ3v) is 2.32. The molecule has 0 spiro atoms. The van der Waals surface area contributed by atoms with Gasteiger partial charge in [0.1, 0.15) is 0 Å². The minimum atomic E-state index is -0.116. The van der Waals surface area contributed by atoms with Crippen LogP contribution >= 0.6 is 0 Å². The summed E-state index contributed by atoms with van der Waals surface area (Å²) < 4.78 is 5.40. The van der Waals surface area contributed by atoms with Gasteiger partial charge in [-0.1, -0.05) is 13.8 Å². The summed E-state index contributed by atoms with van der Waals surface area (Å²) in [5.74, 6) is 0.395. The molecule has 0 aromatic carbocycles. The minimum absolute atomic E-state index is 0.116. The van der Waals surface area contributed by atoms with E-state index in [2.05, 4.69) is 29.5 Å². The van der Waals surface area contributed by atoms with Crippen molar-refractivity contribution in [2.24, 2.45) is 5.92 Å². The summed E-state index contributed by atoms with van der Waals surface area (Å²) in [5.41, 5.74) is 1.31. The first-order chi connectivity index (χ1) is 8.65. The molecule has 0 saturated heterocycles. The van der Waals surface area contributed by atoms with E-state index in [1.54, 1.807) is 25.5 Å². The fraction of sp³-hybridized carbons (Fsp3) is 0.538. The van der Waals surface area contributed by atoms with Crippen LogP contribution in [0.15, 0.2) is 18.5 Å². The molecule has 1 aromatic heterocycles. The zero-order chi connectivity index (χ0) is 13.4. The number of hydrogen-bond acceptors (Lipinski definition) is 4. The predicted octanol–water partition coefficient (Wildman–Crippen LogP) is 1.53. The number of amides is 1. The summed E-state index contributed by atoms with van der Waals surface area (Å²) >= 11 is 0. The first kappa shape index (κ1) is 14.4. The number of aromatic nitrogens is 1. The van der Waals surface area contributed by atoms with Crippen LogP contribution in [0, 0.1) is 5.92 Å². The first-order valence-electron chi connectivity index (χ1n) is 6.13. The maximum Gasteiger partial charge on any atom is 0.253 e. The van der Waals surface area contributed by atoms with Crippen molar-refractivity contribution in [3.8, 4) is 0 Å². The van der Waals surface area contributed by atoms with Crippen LogP contribution in [0.3, 0.4) is 0 Å². The van der Waals surface area contributed by atoms with Crippen molar-refractivity contribution in [3.63, 3.8) is 0 Å². The summed E-state index contributed by atoms with van der Waals surface area (Å²) in [5, 5.41) is 5.75. The summed E-state index contributed by atoms with van der Waals surface area (Å²) in [4.78, 5) is 15.8. The molecule has 1 amide bonds. The van der Waals surface area contributed by atoms with Crippen LogP contribution in [0.5, 0.6) is 0 Å². The molecule has 0 aliphatic rings. The Bertz CT molecular complexity index is 380. The predicted molar refractivity (Wildman–Crippen MR) is 71.8 cm³/mol. The normalized spacial score (nSPS) is 10.4. The summed E-state index contributed by atoms with van der Waals surface area (Å²) in [7, 11) is 1.76. The summed E-state index contributed by atoms with van der Waals surface area (Å²) in [6.45, 7) is 5.94. The van der Waals surface area contributed by atoms with Gasteiger partial charge in [-0.3, -0.25) is 9.78 Å². The van der Waals surface area contributed by atoms with E-state index in [1.807, 2.05) is 0 Å². The minimum Gasteiger partial charge on any atom is -0.386 e. The van der Waals surface area contributed by atoms with Crippen LogP contribution in [0.4, 0.5) is 5.69 Å². The van der Waals surface area contributed by atoms with Crippen molar-refractivity contribution in [1.29, 1.82) is 0 Å². The standard InChI is InChI=1S/C13H21N3O2/c1-10(2)9-18-7-6-16-13(17)11-4-5-15-8-12(11)14-3/h4-5,8,10,14H,6-7,9H2,1-3H3,(H,16,17). The Morgan fingerprint density at radius 1 is 1.50 bits per heavy atom. The molecule has 1 rings (SSSR count). The molecule has 0 radical (unpaired) electrons. The number of pyridine rings is 1. The number of ether oxygens (including phenoxy) is 1. The Morgan fingerprint density at radius 3 is 2.94 bits per heavy atom. The Morgan fingerprint density at radius 2 is 2.28 bits per heavy atom. The second-order valence-electron chi connectivity index (χ2n) is 4.40. The SMILES string of the molecule is CNc1cnccc1C(=O)NCCOCC(C)C. The lowest BCUT2D eigenvalue weighted by molar-refractivity contribution is 0.0887. The van der Waals surface area contributed by atoms with Crippen LogP contribution in [-0.4, -0.2) is 37.7 Å². The van der Waals surface area contributed by atoms with Crippen LogP contribution < -0.4 is 10.6 Å². The Hall–Kier alpha value is -1.62. The Kier molecular flexibility index (Phi) is 6.14. The first-order valence-corrected chi connectivity index (χ1v) is 6.13. The van der Waals surface area contributed by atoms with Gasteiger partial charge in [0.25, 0.3) is 5.91 Å². The number of nitrogens with one attached hydrogen (secondary N) is 2. The van der Waals surface area contributed by atoms with E-state index in [9.17, 15) is 4.79 Å². The second kappa shape index (κ2) is 7.66. The Balaban J connectivity index is 2.36. The molecule has 0 fully saturated rings. The van der Waals surface area contributed by atoms with Gasteiger partial charge in [-0.2, -0.15) is 0 Å². The molecule has 0 unspecified atom stereocenters. The lowest BCUT2D eigenvalue weighted by Gasteiger charge is -2.10. The molecule has 100 valence electrons. The fourth-order valence-electron chi connectivity index (χ4n) is 1.44. The Labute approximate surface area is 108 Å². The summed E-state index contributed by atoms with van der Waals surface area (Å²) in [6, 6.07) is 1.69. The van der Waals surface area contributed by atoms with Crippen LogP contribution in [0.1, 0.15) is 24.2 Å². The molecule has 0 saturated carbocycles. The average molecular weight is 251 g/mol. The quantitative estimate of drug-likeness (QED) is 0.721. The van der Waals surface area contributed by atoms with Gasteiger partial charge >= 0.3 is 0 Å². The lowest BCUT2D eigenvalue weighted by atomic mass is 10.2. The zero-order valence-corrected chi connectivity index (χ0v) is 11.2. The third kappa shape index (κ3) is 4.71. The topological polar surface area (TPSA) is 63.2 Å². The second-order valence-corrected chi connectivity index (χ2v) is 4.40. The highest BCUT2D eigenvalue weighted by atomic mass is 16.5. The van der Waals surface area contributed by atoms with Gasteiger partial charge < -0.3 is 15.4 Å². The van der Waals surface area contributed by atoms with Gasteiger partial charge in [-0.25, -0.2) is 0 Å². The van der Waals surface area contributed by atoms with Gasteiger partial charge in [0.15, 0.2) is 0 Å². The van der Waals surface area contributed by atoms with E-state index in [4.69, 9.17) is 4.74 Å². The molecule has 1 heterocycles. The molecule has 0 atom stereocenters. The highest BCUT2D eigenvalue weighted by Gasteiger charge is 2.09. The van der Waals surface area contributed by atoms with Crippen molar-refractivity contribution in [1.82, 2.24) is 10.3 Å². The van der Waals surface area contributed by atoms with Gasteiger partial charge in [-0.15, -0.1) is 0 Å². The molecule has 5 nitrogen and oxygen atoms in total. The van der Waals surface area contributed by atoms with Crippen LogP contribution in [-0.2, 0) is 4.74 Å². The number of rotatable bonds is 7. The summed E-state index contributed by atoms with van der Waals surface area (Å²) in [6.07, 6.45) is 3.23. The van der Waals surface area contributed by atoms with Gasteiger partial charge in [0.2, 0.25) is 0 Å². The largest absolute Gasteiger partial charge is 0.386 e.